The van der Waals surface area contributed by atoms with Crippen molar-refractivity contribution < 1.29 is 9.47 Å². The van der Waals surface area contributed by atoms with Crippen LogP contribution in [-0.2, 0) is 10.5 Å². The average Bonchev–Trinajstić information content (AvgIpc) is 2.78. The number of rotatable bonds is 10. The van der Waals surface area contributed by atoms with E-state index in [2.05, 4.69) is 65.8 Å². The number of methoxy groups -OCH3 is 2. The Bertz CT molecular complexity index is 812. The van der Waals surface area contributed by atoms with Crippen molar-refractivity contribution in [2.45, 2.75) is 29.8 Å². The molecule has 0 saturated carbocycles. The summed E-state index contributed by atoms with van der Waals surface area (Å²) in [7, 11) is 5.57. The molecular weight excluding hydrogens is 434 g/mol. The molecule has 6 heteroatoms. The molecule has 1 aliphatic heterocycles. The van der Waals surface area contributed by atoms with Gasteiger partial charge < -0.3 is 14.4 Å². The molecule has 3 nitrogen and oxygen atoms in total. The van der Waals surface area contributed by atoms with Crippen LogP contribution < -0.4 is 9.47 Å². The van der Waals surface area contributed by atoms with Gasteiger partial charge in [-0.2, -0.15) is 0 Å². The summed E-state index contributed by atoms with van der Waals surface area (Å²) in [5.74, 6) is 4.04. The van der Waals surface area contributed by atoms with Gasteiger partial charge in [-0.3, -0.25) is 0 Å². The first-order chi connectivity index (χ1) is 14.6. The third kappa shape index (κ3) is 6.25. The molecule has 1 heterocycles. The highest BCUT2D eigenvalue weighted by Gasteiger charge is 2.35. The van der Waals surface area contributed by atoms with Crippen molar-refractivity contribution in [3.63, 3.8) is 0 Å². The lowest BCUT2D eigenvalue weighted by Crippen LogP contribution is -2.27. The fraction of sp³-hybridized carbons (Fsp3) is 0.500. The molecule has 164 valence electrons. The van der Waals surface area contributed by atoms with Crippen LogP contribution in [0.4, 0.5) is 0 Å². The molecule has 2 aromatic carbocycles. The predicted octanol–water partition coefficient (Wildman–Crippen LogP) is 6.33. The van der Waals surface area contributed by atoms with E-state index in [1.54, 1.807) is 14.2 Å². The second kappa shape index (κ2) is 11.6. The Morgan fingerprint density at radius 3 is 2.47 bits per heavy atom. The van der Waals surface area contributed by atoms with Gasteiger partial charge in [-0.25, -0.2) is 0 Å². The van der Waals surface area contributed by atoms with E-state index in [1.165, 1.54) is 41.9 Å². The van der Waals surface area contributed by atoms with Crippen LogP contribution in [0.5, 0.6) is 11.5 Å². The maximum Gasteiger partial charge on any atom is 0.160 e. The van der Waals surface area contributed by atoms with E-state index in [-0.39, 0.29) is 4.08 Å². The van der Waals surface area contributed by atoms with Gasteiger partial charge in [0.1, 0.15) is 0 Å². The van der Waals surface area contributed by atoms with Crippen molar-refractivity contribution in [3.8, 4) is 11.5 Å². The number of hydrogen-bond acceptors (Lipinski definition) is 5. The zero-order valence-electron chi connectivity index (χ0n) is 18.2. The number of benzene rings is 2. The van der Waals surface area contributed by atoms with Crippen molar-refractivity contribution in [1.82, 2.24) is 4.90 Å². The quantitative estimate of drug-likeness (QED) is 0.407. The average molecular weight is 466 g/mol. The zero-order chi connectivity index (χ0) is 21.4. The van der Waals surface area contributed by atoms with Gasteiger partial charge in [-0.05, 0) is 86.2 Å². The summed E-state index contributed by atoms with van der Waals surface area (Å²) >= 11 is 10.5. The van der Waals surface area contributed by atoms with E-state index in [0.29, 0.717) is 0 Å². The van der Waals surface area contributed by atoms with Gasteiger partial charge in [0.05, 0.1) is 18.3 Å². The Hall–Kier alpha value is -1.01. The Balaban J connectivity index is 1.53. The highest BCUT2D eigenvalue weighted by Crippen LogP contribution is 2.53. The number of nitrogens with zero attached hydrogens (tertiary/aromatic N) is 1. The molecular formula is C24H32ClNO2S2. The number of thioether (sulfide) groups is 2. The van der Waals surface area contributed by atoms with Crippen molar-refractivity contribution in [3.05, 3.63) is 58.6 Å². The van der Waals surface area contributed by atoms with E-state index >= 15 is 0 Å². The van der Waals surface area contributed by atoms with Crippen LogP contribution >= 0.6 is 35.1 Å². The smallest absolute Gasteiger partial charge is 0.160 e. The first-order valence-electron chi connectivity index (χ1n) is 10.5. The maximum absolute atomic E-state index is 6.31. The van der Waals surface area contributed by atoms with Crippen molar-refractivity contribution >= 4 is 35.1 Å². The lowest BCUT2D eigenvalue weighted by molar-refractivity contribution is 0.327. The molecule has 0 aliphatic carbocycles. The molecule has 1 fully saturated rings. The Morgan fingerprint density at radius 1 is 1.00 bits per heavy atom. The van der Waals surface area contributed by atoms with E-state index < -0.39 is 0 Å². The minimum atomic E-state index is 0.146. The van der Waals surface area contributed by atoms with Gasteiger partial charge in [0, 0.05) is 11.6 Å². The normalized spacial score (nSPS) is 15.9. The zero-order valence-corrected chi connectivity index (χ0v) is 20.5. The Kier molecular flexibility index (Phi) is 9.12. The van der Waals surface area contributed by atoms with Gasteiger partial charge in [0.15, 0.2) is 11.5 Å². The van der Waals surface area contributed by atoms with Crippen molar-refractivity contribution in [2.75, 3.05) is 45.9 Å². The molecule has 3 rings (SSSR count). The largest absolute Gasteiger partial charge is 0.493 e. The third-order valence-corrected chi connectivity index (χ3v) is 9.24. The van der Waals surface area contributed by atoms with E-state index in [1.807, 2.05) is 12.1 Å². The van der Waals surface area contributed by atoms with E-state index in [0.717, 1.165) is 36.0 Å². The molecule has 0 spiro atoms. The summed E-state index contributed by atoms with van der Waals surface area (Å²) < 4.78 is 10.9. The predicted molar refractivity (Wildman–Crippen MR) is 133 cm³/mol. The van der Waals surface area contributed by atoms with Crippen LogP contribution in [0.2, 0.25) is 5.02 Å². The molecule has 0 bridgehead atoms. The molecule has 0 aromatic heterocycles. The molecule has 0 N–H and O–H groups in total. The molecule has 0 unspecified atom stereocenters. The number of halogens is 1. The van der Waals surface area contributed by atoms with Crippen molar-refractivity contribution in [1.29, 1.82) is 0 Å². The molecule has 1 saturated heterocycles. The summed E-state index contributed by atoms with van der Waals surface area (Å²) in [6, 6.07) is 14.7. The Morgan fingerprint density at radius 2 is 1.77 bits per heavy atom. The lowest BCUT2D eigenvalue weighted by Gasteiger charge is -2.37. The topological polar surface area (TPSA) is 21.7 Å². The minimum absolute atomic E-state index is 0.146. The van der Waals surface area contributed by atoms with Gasteiger partial charge in [-0.1, -0.05) is 29.8 Å². The second-order valence-electron chi connectivity index (χ2n) is 7.66. The van der Waals surface area contributed by atoms with Gasteiger partial charge in [-0.15, -0.1) is 23.5 Å². The minimum Gasteiger partial charge on any atom is -0.493 e. The monoisotopic (exact) mass is 465 g/mol. The molecule has 30 heavy (non-hydrogen) atoms. The van der Waals surface area contributed by atoms with E-state index in [9.17, 15) is 0 Å². The fourth-order valence-electron chi connectivity index (χ4n) is 3.81. The SMILES string of the molecule is COc1ccc(CCN(C)CCCC2(c3cccc(Cl)c3)SCCCS2)cc1OC. The number of ether oxygens (including phenoxy) is 2. The highest BCUT2D eigenvalue weighted by molar-refractivity contribution is 8.18. The van der Waals surface area contributed by atoms with Gasteiger partial charge >= 0.3 is 0 Å². The van der Waals surface area contributed by atoms with Crippen molar-refractivity contribution in [2.24, 2.45) is 0 Å². The molecule has 0 atom stereocenters. The summed E-state index contributed by atoms with van der Waals surface area (Å²) in [5, 5.41) is 0.839. The second-order valence-corrected chi connectivity index (χ2v) is 11.1. The highest BCUT2D eigenvalue weighted by atomic mass is 35.5. The summed E-state index contributed by atoms with van der Waals surface area (Å²) in [5.41, 5.74) is 2.64. The van der Waals surface area contributed by atoms with Crippen LogP contribution in [0.1, 0.15) is 30.4 Å². The third-order valence-electron chi connectivity index (χ3n) is 5.50. The number of hydrogen-bond donors (Lipinski definition) is 0. The first kappa shape index (κ1) is 23.6. The van der Waals surface area contributed by atoms with Gasteiger partial charge in [0.25, 0.3) is 0 Å². The molecule has 1 aliphatic rings. The lowest BCUT2D eigenvalue weighted by atomic mass is 10.1. The van der Waals surface area contributed by atoms with Crippen LogP contribution in [0, 0.1) is 0 Å². The number of likely N-dealkylation sites (N-methyl/N-ethyl adjacent to an activating group) is 1. The molecule has 2 aromatic rings. The first-order valence-corrected chi connectivity index (χ1v) is 12.8. The standard InChI is InChI=1S/C24H32ClNO2S2/c1-26(14-11-19-9-10-22(27-2)23(17-19)28-3)13-5-12-24(29-15-6-16-30-24)20-7-4-8-21(25)18-20/h4,7-10,17-18H,5-6,11-16H2,1-3H3. The summed E-state index contributed by atoms with van der Waals surface area (Å²) in [4.78, 5) is 2.43. The van der Waals surface area contributed by atoms with E-state index in [4.69, 9.17) is 21.1 Å². The van der Waals surface area contributed by atoms with Crippen LogP contribution in [0.3, 0.4) is 0 Å². The van der Waals surface area contributed by atoms with Crippen LogP contribution in [-0.4, -0.2) is 50.8 Å². The fourth-order valence-corrected chi connectivity index (χ4v) is 7.41. The summed E-state index contributed by atoms with van der Waals surface area (Å²) in [6.07, 6.45) is 4.64. The van der Waals surface area contributed by atoms with Gasteiger partial charge in [0.2, 0.25) is 0 Å². The molecule has 0 radical (unpaired) electrons. The summed E-state index contributed by atoms with van der Waals surface area (Å²) in [6.45, 7) is 2.12. The Labute approximate surface area is 194 Å². The maximum atomic E-state index is 6.31. The van der Waals surface area contributed by atoms with Crippen LogP contribution in [0.15, 0.2) is 42.5 Å². The van der Waals surface area contributed by atoms with Crippen LogP contribution in [0.25, 0.3) is 0 Å². The molecule has 0 amide bonds.